The number of fused-ring (bicyclic) bond motifs is 1. The van der Waals surface area contributed by atoms with E-state index in [2.05, 4.69) is 32.7 Å². The third kappa shape index (κ3) is 4.03. The highest BCUT2D eigenvalue weighted by Crippen LogP contribution is 2.14. The largest absolute Gasteiger partial charge is 0.349 e. The first-order chi connectivity index (χ1) is 12.2. The van der Waals surface area contributed by atoms with Gasteiger partial charge in [-0.3, -0.25) is 4.79 Å². The number of carbonyl (C=O) groups excluding carboxylic acids is 2. The van der Waals surface area contributed by atoms with Crippen molar-refractivity contribution in [2.24, 2.45) is 0 Å². The zero-order valence-electron chi connectivity index (χ0n) is 13.8. The second-order valence-corrected chi connectivity index (χ2v) is 5.67. The van der Waals surface area contributed by atoms with Crippen molar-refractivity contribution < 1.29 is 9.59 Å². The van der Waals surface area contributed by atoms with E-state index in [0.29, 0.717) is 24.3 Å². The summed E-state index contributed by atoms with van der Waals surface area (Å²) in [6.07, 6.45) is 3.62. The average molecular weight is 340 g/mol. The summed E-state index contributed by atoms with van der Waals surface area (Å²) in [6, 6.07) is 6.33. The third-order valence-electron chi connectivity index (χ3n) is 3.91. The molecule has 2 aromatic rings. The SMILES string of the molecule is C=CCNC(=O)c1ccc(NC(=O)NCc2nnc3n2CCC3)cc1. The summed E-state index contributed by atoms with van der Waals surface area (Å²) in [6.45, 7) is 5.18. The van der Waals surface area contributed by atoms with Crippen LogP contribution in [0.15, 0.2) is 36.9 Å². The van der Waals surface area contributed by atoms with Gasteiger partial charge in [0.05, 0.1) is 6.54 Å². The minimum absolute atomic E-state index is 0.184. The first kappa shape index (κ1) is 16.7. The zero-order valence-corrected chi connectivity index (χ0v) is 13.8. The average Bonchev–Trinajstić information content (AvgIpc) is 3.22. The van der Waals surface area contributed by atoms with Crippen LogP contribution in [-0.2, 0) is 19.5 Å². The van der Waals surface area contributed by atoms with Crippen LogP contribution in [0.25, 0.3) is 0 Å². The smallest absolute Gasteiger partial charge is 0.319 e. The molecule has 130 valence electrons. The van der Waals surface area contributed by atoms with Crippen molar-refractivity contribution >= 4 is 17.6 Å². The van der Waals surface area contributed by atoms with E-state index in [1.807, 2.05) is 4.57 Å². The van der Waals surface area contributed by atoms with E-state index in [-0.39, 0.29) is 11.9 Å². The molecule has 0 aliphatic carbocycles. The van der Waals surface area contributed by atoms with Gasteiger partial charge >= 0.3 is 6.03 Å². The van der Waals surface area contributed by atoms with Crippen molar-refractivity contribution in [1.82, 2.24) is 25.4 Å². The second kappa shape index (κ2) is 7.61. The minimum Gasteiger partial charge on any atom is -0.349 e. The van der Waals surface area contributed by atoms with Crippen molar-refractivity contribution in [2.75, 3.05) is 11.9 Å². The fourth-order valence-electron chi connectivity index (χ4n) is 2.65. The first-order valence-electron chi connectivity index (χ1n) is 8.12. The number of anilines is 1. The van der Waals surface area contributed by atoms with Crippen LogP contribution in [0.1, 0.15) is 28.4 Å². The van der Waals surface area contributed by atoms with Crippen LogP contribution in [0, 0.1) is 0 Å². The van der Waals surface area contributed by atoms with Gasteiger partial charge in [0.1, 0.15) is 5.82 Å². The van der Waals surface area contributed by atoms with Crippen LogP contribution in [0.2, 0.25) is 0 Å². The summed E-state index contributed by atoms with van der Waals surface area (Å²) in [7, 11) is 0. The molecule has 0 bridgehead atoms. The summed E-state index contributed by atoms with van der Waals surface area (Å²) >= 11 is 0. The molecule has 1 aromatic carbocycles. The lowest BCUT2D eigenvalue weighted by molar-refractivity contribution is 0.0958. The molecular weight excluding hydrogens is 320 g/mol. The van der Waals surface area contributed by atoms with E-state index in [1.165, 1.54) is 0 Å². The maximum atomic E-state index is 12.0. The molecule has 3 N–H and O–H groups in total. The number of aromatic nitrogens is 3. The van der Waals surface area contributed by atoms with Gasteiger partial charge in [-0.15, -0.1) is 16.8 Å². The molecule has 8 nitrogen and oxygen atoms in total. The maximum absolute atomic E-state index is 12.0. The number of benzene rings is 1. The number of urea groups is 1. The zero-order chi connectivity index (χ0) is 17.6. The van der Waals surface area contributed by atoms with Crippen molar-refractivity contribution in [2.45, 2.75) is 25.9 Å². The molecule has 3 rings (SSSR count). The van der Waals surface area contributed by atoms with Crippen molar-refractivity contribution in [1.29, 1.82) is 0 Å². The highest BCUT2D eigenvalue weighted by Gasteiger charge is 2.17. The number of hydrogen-bond donors (Lipinski definition) is 3. The Balaban J connectivity index is 1.50. The predicted molar refractivity (Wildman–Crippen MR) is 93.2 cm³/mol. The Morgan fingerprint density at radius 3 is 2.76 bits per heavy atom. The molecule has 0 saturated carbocycles. The summed E-state index contributed by atoms with van der Waals surface area (Å²) < 4.78 is 2.04. The lowest BCUT2D eigenvalue weighted by Crippen LogP contribution is -2.29. The van der Waals surface area contributed by atoms with Gasteiger partial charge in [0.25, 0.3) is 5.91 Å². The Labute approximate surface area is 145 Å². The van der Waals surface area contributed by atoms with E-state index in [0.717, 1.165) is 31.0 Å². The second-order valence-electron chi connectivity index (χ2n) is 5.67. The van der Waals surface area contributed by atoms with E-state index in [9.17, 15) is 9.59 Å². The van der Waals surface area contributed by atoms with E-state index >= 15 is 0 Å². The molecule has 1 aromatic heterocycles. The Morgan fingerprint density at radius 2 is 2.00 bits per heavy atom. The number of rotatable bonds is 6. The lowest BCUT2D eigenvalue weighted by Gasteiger charge is -2.08. The molecule has 1 aliphatic heterocycles. The number of carbonyl (C=O) groups is 2. The standard InChI is InChI=1S/C17H20N6O2/c1-2-9-18-16(24)12-5-7-13(8-6-12)20-17(25)19-11-15-22-21-14-4-3-10-23(14)15/h2,5-8H,1,3-4,9-11H2,(H,18,24)(H2,19,20,25). The van der Waals surface area contributed by atoms with Gasteiger partial charge in [-0.2, -0.15) is 0 Å². The van der Waals surface area contributed by atoms with Crippen molar-refractivity contribution in [3.8, 4) is 0 Å². The molecule has 1 aliphatic rings. The summed E-state index contributed by atoms with van der Waals surface area (Å²) in [5, 5.41) is 16.4. The molecule has 2 heterocycles. The van der Waals surface area contributed by atoms with Gasteiger partial charge < -0.3 is 20.5 Å². The van der Waals surface area contributed by atoms with Gasteiger partial charge in [-0.1, -0.05) is 6.08 Å². The minimum atomic E-state index is -0.334. The van der Waals surface area contributed by atoms with Crippen LogP contribution in [0.4, 0.5) is 10.5 Å². The fraction of sp³-hybridized carbons (Fsp3) is 0.294. The molecule has 0 fully saturated rings. The number of nitrogens with zero attached hydrogens (tertiary/aromatic N) is 3. The highest BCUT2D eigenvalue weighted by atomic mass is 16.2. The van der Waals surface area contributed by atoms with Gasteiger partial charge in [0, 0.05) is 30.8 Å². The normalized spacial score (nSPS) is 12.3. The van der Waals surface area contributed by atoms with Crippen LogP contribution < -0.4 is 16.0 Å². The number of aryl methyl sites for hydroxylation is 1. The van der Waals surface area contributed by atoms with Gasteiger partial charge in [-0.05, 0) is 30.7 Å². The Hall–Kier alpha value is -3.16. The van der Waals surface area contributed by atoms with E-state index in [4.69, 9.17) is 0 Å². The molecule has 3 amide bonds. The van der Waals surface area contributed by atoms with E-state index in [1.54, 1.807) is 30.3 Å². The monoisotopic (exact) mass is 340 g/mol. The topological polar surface area (TPSA) is 101 Å². The fourth-order valence-corrected chi connectivity index (χ4v) is 2.65. The molecule has 0 atom stereocenters. The maximum Gasteiger partial charge on any atom is 0.319 e. The van der Waals surface area contributed by atoms with Crippen LogP contribution in [-0.4, -0.2) is 33.2 Å². The van der Waals surface area contributed by atoms with Gasteiger partial charge in [0.15, 0.2) is 5.82 Å². The molecule has 0 saturated heterocycles. The third-order valence-corrected chi connectivity index (χ3v) is 3.91. The molecule has 0 radical (unpaired) electrons. The molecule has 0 spiro atoms. The predicted octanol–water partition coefficient (Wildman–Crippen LogP) is 1.46. The first-order valence-corrected chi connectivity index (χ1v) is 8.12. The van der Waals surface area contributed by atoms with Crippen LogP contribution >= 0.6 is 0 Å². The Morgan fingerprint density at radius 1 is 1.20 bits per heavy atom. The van der Waals surface area contributed by atoms with Gasteiger partial charge in [-0.25, -0.2) is 4.79 Å². The molecule has 0 unspecified atom stereocenters. The number of hydrogen-bond acceptors (Lipinski definition) is 4. The van der Waals surface area contributed by atoms with Gasteiger partial charge in [0.2, 0.25) is 0 Å². The van der Waals surface area contributed by atoms with Crippen molar-refractivity contribution in [3.05, 3.63) is 54.1 Å². The molecular formula is C17H20N6O2. The van der Waals surface area contributed by atoms with Crippen LogP contribution in [0.3, 0.4) is 0 Å². The highest BCUT2D eigenvalue weighted by molar-refractivity contribution is 5.95. The van der Waals surface area contributed by atoms with E-state index < -0.39 is 0 Å². The molecule has 25 heavy (non-hydrogen) atoms. The number of amides is 3. The number of nitrogens with one attached hydrogen (secondary N) is 3. The summed E-state index contributed by atoms with van der Waals surface area (Å²) in [5.74, 6) is 1.55. The van der Waals surface area contributed by atoms with Crippen LogP contribution in [0.5, 0.6) is 0 Å². The summed E-state index contributed by atoms with van der Waals surface area (Å²) in [4.78, 5) is 23.8. The lowest BCUT2D eigenvalue weighted by atomic mass is 10.2. The Kier molecular flexibility index (Phi) is 5.08. The van der Waals surface area contributed by atoms with Crippen molar-refractivity contribution in [3.63, 3.8) is 0 Å². The quantitative estimate of drug-likeness (QED) is 0.693. The molecule has 8 heteroatoms. The Bertz CT molecular complexity index is 781. The summed E-state index contributed by atoms with van der Waals surface area (Å²) in [5.41, 5.74) is 1.12.